The number of benzene rings is 1. The molecule has 1 aromatic heterocycles. The molecule has 0 bridgehead atoms. The van der Waals surface area contributed by atoms with Crippen LogP contribution in [0.4, 0.5) is 5.69 Å². The maximum absolute atomic E-state index is 12.0. The van der Waals surface area contributed by atoms with E-state index in [-0.39, 0.29) is 17.7 Å². The van der Waals surface area contributed by atoms with Crippen molar-refractivity contribution in [1.82, 2.24) is 15.0 Å². The standard InChI is InChI=1S/C13H16N4O2/c1-9(2)19-12-7-5-4-6-10(12)15-13(18)11-8-14-17(3)16-11/h4-9H,1-3H3,(H,15,18). The van der Waals surface area contributed by atoms with Crippen molar-refractivity contribution in [2.45, 2.75) is 20.0 Å². The van der Waals surface area contributed by atoms with Gasteiger partial charge in [-0.05, 0) is 26.0 Å². The molecule has 1 amide bonds. The summed E-state index contributed by atoms with van der Waals surface area (Å²) in [4.78, 5) is 13.3. The number of carbonyl (C=O) groups excluding carboxylic acids is 1. The average molecular weight is 260 g/mol. The van der Waals surface area contributed by atoms with E-state index in [1.54, 1.807) is 13.1 Å². The molecule has 6 heteroatoms. The Morgan fingerprint density at radius 2 is 2.11 bits per heavy atom. The first-order valence-electron chi connectivity index (χ1n) is 5.99. The number of para-hydroxylation sites is 2. The summed E-state index contributed by atoms with van der Waals surface area (Å²) in [7, 11) is 1.66. The van der Waals surface area contributed by atoms with Crippen molar-refractivity contribution >= 4 is 11.6 Å². The molecule has 0 aliphatic rings. The Hall–Kier alpha value is -2.37. The van der Waals surface area contributed by atoms with Gasteiger partial charge in [-0.3, -0.25) is 4.79 Å². The minimum Gasteiger partial charge on any atom is -0.489 e. The molecule has 2 aromatic rings. The third kappa shape index (κ3) is 3.31. The zero-order chi connectivity index (χ0) is 13.8. The zero-order valence-electron chi connectivity index (χ0n) is 11.1. The summed E-state index contributed by atoms with van der Waals surface area (Å²) in [6.07, 6.45) is 1.45. The van der Waals surface area contributed by atoms with Crippen molar-refractivity contribution in [1.29, 1.82) is 0 Å². The number of amides is 1. The van der Waals surface area contributed by atoms with Gasteiger partial charge in [-0.2, -0.15) is 9.90 Å². The van der Waals surface area contributed by atoms with E-state index in [1.165, 1.54) is 11.0 Å². The van der Waals surface area contributed by atoms with E-state index < -0.39 is 0 Å². The van der Waals surface area contributed by atoms with E-state index in [0.717, 1.165) is 0 Å². The van der Waals surface area contributed by atoms with Crippen molar-refractivity contribution in [2.75, 3.05) is 5.32 Å². The fourth-order valence-corrected chi connectivity index (χ4v) is 1.56. The molecule has 0 aliphatic heterocycles. The smallest absolute Gasteiger partial charge is 0.277 e. The SMILES string of the molecule is CC(C)Oc1ccccc1NC(=O)c1cnn(C)n1. The Kier molecular flexibility index (Phi) is 3.79. The van der Waals surface area contributed by atoms with Gasteiger partial charge in [-0.25, -0.2) is 0 Å². The number of carbonyl (C=O) groups is 1. The van der Waals surface area contributed by atoms with E-state index >= 15 is 0 Å². The van der Waals surface area contributed by atoms with Crippen molar-refractivity contribution in [2.24, 2.45) is 7.05 Å². The molecule has 6 nitrogen and oxygen atoms in total. The lowest BCUT2D eigenvalue weighted by Gasteiger charge is -2.14. The molecule has 0 saturated carbocycles. The maximum Gasteiger partial charge on any atom is 0.277 e. The molecule has 0 radical (unpaired) electrons. The normalized spacial score (nSPS) is 10.5. The Morgan fingerprint density at radius 1 is 1.37 bits per heavy atom. The Morgan fingerprint density at radius 3 is 2.74 bits per heavy atom. The highest BCUT2D eigenvalue weighted by molar-refractivity contribution is 6.03. The second kappa shape index (κ2) is 5.51. The number of aromatic nitrogens is 3. The molecule has 0 atom stereocenters. The number of rotatable bonds is 4. The van der Waals surface area contributed by atoms with E-state index in [9.17, 15) is 4.79 Å². The lowest BCUT2D eigenvalue weighted by atomic mass is 10.2. The summed E-state index contributed by atoms with van der Waals surface area (Å²) < 4.78 is 5.63. The number of aryl methyl sites for hydroxylation is 1. The minimum atomic E-state index is -0.312. The first-order valence-corrected chi connectivity index (χ1v) is 5.99. The lowest BCUT2D eigenvalue weighted by molar-refractivity contribution is 0.102. The van der Waals surface area contributed by atoms with E-state index in [0.29, 0.717) is 11.4 Å². The van der Waals surface area contributed by atoms with Crippen LogP contribution < -0.4 is 10.1 Å². The molecule has 0 saturated heterocycles. The lowest BCUT2D eigenvalue weighted by Crippen LogP contribution is -2.15. The molecular formula is C13H16N4O2. The predicted molar refractivity (Wildman–Crippen MR) is 71.2 cm³/mol. The van der Waals surface area contributed by atoms with Gasteiger partial charge in [0, 0.05) is 7.05 Å². The number of hydrogen-bond acceptors (Lipinski definition) is 4. The van der Waals surface area contributed by atoms with Crippen LogP contribution in [0.25, 0.3) is 0 Å². The van der Waals surface area contributed by atoms with Crippen LogP contribution in [0.2, 0.25) is 0 Å². The highest BCUT2D eigenvalue weighted by atomic mass is 16.5. The summed E-state index contributed by atoms with van der Waals surface area (Å²) in [5.41, 5.74) is 0.883. The highest BCUT2D eigenvalue weighted by Gasteiger charge is 2.13. The Balaban J connectivity index is 2.16. The first-order chi connectivity index (χ1) is 9.06. The third-order valence-electron chi connectivity index (χ3n) is 2.33. The van der Waals surface area contributed by atoms with Crippen molar-refractivity contribution in [3.63, 3.8) is 0 Å². The largest absolute Gasteiger partial charge is 0.489 e. The van der Waals surface area contributed by atoms with Gasteiger partial charge in [0.15, 0.2) is 5.69 Å². The third-order valence-corrected chi connectivity index (χ3v) is 2.33. The molecule has 0 aliphatic carbocycles. The van der Waals surface area contributed by atoms with Crippen LogP contribution in [0.3, 0.4) is 0 Å². The van der Waals surface area contributed by atoms with Crippen LogP contribution in [0, 0.1) is 0 Å². The molecule has 1 aromatic carbocycles. The van der Waals surface area contributed by atoms with Gasteiger partial charge in [0.1, 0.15) is 5.75 Å². The summed E-state index contributed by atoms with van der Waals surface area (Å²) >= 11 is 0. The summed E-state index contributed by atoms with van der Waals surface area (Å²) in [6, 6.07) is 7.29. The molecule has 0 spiro atoms. The van der Waals surface area contributed by atoms with Gasteiger partial charge >= 0.3 is 0 Å². The van der Waals surface area contributed by atoms with Gasteiger partial charge < -0.3 is 10.1 Å². The monoisotopic (exact) mass is 260 g/mol. The van der Waals surface area contributed by atoms with Crippen LogP contribution >= 0.6 is 0 Å². The summed E-state index contributed by atoms with van der Waals surface area (Å²) in [6.45, 7) is 3.86. The predicted octanol–water partition coefficient (Wildman–Crippen LogP) is 1.85. The topological polar surface area (TPSA) is 69.0 Å². The Bertz CT molecular complexity index is 578. The molecular weight excluding hydrogens is 244 g/mol. The minimum absolute atomic E-state index is 0.0366. The van der Waals surface area contributed by atoms with Gasteiger partial charge in [0.05, 0.1) is 18.0 Å². The molecule has 0 fully saturated rings. The fourth-order valence-electron chi connectivity index (χ4n) is 1.56. The maximum atomic E-state index is 12.0. The van der Waals surface area contributed by atoms with Crippen molar-refractivity contribution < 1.29 is 9.53 Å². The van der Waals surface area contributed by atoms with Crippen molar-refractivity contribution in [3.8, 4) is 5.75 Å². The number of nitrogens with one attached hydrogen (secondary N) is 1. The van der Waals surface area contributed by atoms with E-state index in [4.69, 9.17) is 4.74 Å². The fraction of sp³-hybridized carbons (Fsp3) is 0.308. The Labute approximate surface area is 111 Å². The van der Waals surface area contributed by atoms with Gasteiger partial charge in [0.2, 0.25) is 0 Å². The van der Waals surface area contributed by atoms with E-state index in [2.05, 4.69) is 15.5 Å². The molecule has 19 heavy (non-hydrogen) atoms. The second-order valence-electron chi connectivity index (χ2n) is 4.34. The van der Waals surface area contributed by atoms with Crippen LogP contribution in [-0.2, 0) is 7.05 Å². The van der Waals surface area contributed by atoms with Gasteiger partial charge in [0.25, 0.3) is 5.91 Å². The highest BCUT2D eigenvalue weighted by Crippen LogP contribution is 2.25. The zero-order valence-corrected chi connectivity index (χ0v) is 11.1. The van der Waals surface area contributed by atoms with Gasteiger partial charge in [-0.1, -0.05) is 12.1 Å². The molecule has 0 unspecified atom stereocenters. The number of nitrogens with zero attached hydrogens (tertiary/aromatic N) is 3. The summed E-state index contributed by atoms with van der Waals surface area (Å²) in [5, 5.41) is 10.6. The molecule has 1 heterocycles. The summed E-state index contributed by atoms with van der Waals surface area (Å²) in [5.74, 6) is 0.322. The molecule has 2 rings (SSSR count). The van der Waals surface area contributed by atoms with Crippen molar-refractivity contribution in [3.05, 3.63) is 36.2 Å². The van der Waals surface area contributed by atoms with E-state index in [1.807, 2.05) is 32.0 Å². The molecule has 1 N–H and O–H groups in total. The van der Waals surface area contributed by atoms with Crippen LogP contribution in [0.1, 0.15) is 24.3 Å². The first kappa shape index (κ1) is 13.1. The second-order valence-corrected chi connectivity index (χ2v) is 4.34. The quantitative estimate of drug-likeness (QED) is 0.911. The number of hydrogen-bond donors (Lipinski definition) is 1. The van der Waals surface area contributed by atoms with Crippen LogP contribution in [-0.4, -0.2) is 27.0 Å². The number of anilines is 1. The molecule has 100 valence electrons. The number of ether oxygens (including phenoxy) is 1. The van der Waals surface area contributed by atoms with Gasteiger partial charge in [-0.15, -0.1) is 5.10 Å². The van der Waals surface area contributed by atoms with Crippen LogP contribution in [0.5, 0.6) is 5.75 Å². The average Bonchev–Trinajstić information content (AvgIpc) is 2.78. The van der Waals surface area contributed by atoms with Crippen LogP contribution in [0.15, 0.2) is 30.5 Å².